The van der Waals surface area contributed by atoms with Gasteiger partial charge in [-0.05, 0) is 41.8 Å². The Kier molecular flexibility index (Phi) is 3.93. The summed E-state index contributed by atoms with van der Waals surface area (Å²) in [6, 6.07) is 10.8. The third kappa shape index (κ3) is 2.80. The van der Waals surface area contributed by atoms with E-state index in [1.807, 2.05) is 55.9 Å². The summed E-state index contributed by atoms with van der Waals surface area (Å²) in [5.41, 5.74) is 9.07. The van der Waals surface area contributed by atoms with Crippen molar-refractivity contribution in [3.05, 3.63) is 53.7 Å². The number of hydrogen-bond donors (Lipinski definition) is 3. The molecule has 3 aromatic rings. The van der Waals surface area contributed by atoms with Crippen molar-refractivity contribution < 1.29 is 10.2 Å². The highest BCUT2D eigenvalue weighted by atomic mass is 16.3. The normalized spacial score (nSPS) is 12.2. The first-order chi connectivity index (χ1) is 11.4. The minimum Gasteiger partial charge on any atom is -0.508 e. The van der Waals surface area contributed by atoms with Crippen molar-refractivity contribution in [2.24, 2.45) is 17.8 Å². The average Bonchev–Trinajstić information content (AvgIpc) is 2.87. The van der Waals surface area contributed by atoms with Gasteiger partial charge < -0.3 is 20.5 Å². The summed E-state index contributed by atoms with van der Waals surface area (Å²) in [5.74, 6) is 0.297. The fraction of sp³-hybridized carbons (Fsp3) is 0.211. The molecule has 0 aliphatic heterocycles. The number of aromatic hydroxyl groups is 2. The van der Waals surface area contributed by atoms with E-state index in [0.717, 1.165) is 16.5 Å². The first-order valence-electron chi connectivity index (χ1n) is 7.82. The zero-order chi connectivity index (χ0) is 17.4. The van der Waals surface area contributed by atoms with Gasteiger partial charge in [0.25, 0.3) is 0 Å². The number of aliphatic imine (C=N–C) groups is 1. The number of hydrogen-bond acceptors (Lipinski definition) is 3. The number of phenolic OH excluding ortho intramolecular Hbond substituents is 2. The van der Waals surface area contributed by atoms with Crippen LogP contribution in [0.4, 0.5) is 5.69 Å². The Morgan fingerprint density at radius 3 is 2.54 bits per heavy atom. The molecule has 1 aromatic heterocycles. The average molecular weight is 323 g/mol. The highest BCUT2D eigenvalue weighted by Gasteiger charge is 2.14. The van der Waals surface area contributed by atoms with Crippen LogP contribution in [0.5, 0.6) is 11.5 Å². The molecular formula is C19H21N3O2. The summed E-state index contributed by atoms with van der Waals surface area (Å²) in [7, 11) is 1.99. The lowest BCUT2D eigenvalue weighted by atomic mass is 9.98. The lowest BCUT2D eigenvalue weighted by Crippen LogP contribution is -2.13. The maximum Gasteiger partial charge on any atom is 0.135 e. The zero-order valence-corrected chi connectivity index (χ0v) is 14.0. The quantitative estimate of drug-likeness (QED) is 0.507. The predicted molar refractivity (Wildman–Crippen MR) is 97.2 cm³/mol. The summed E-state index contributed by atoms with van der Waals surface area (Å²) < 4.78 is 2.03. The van der Waals surface area contributed by atoms with Crippen LogP contribution in [0.25, 0.3) is 10.9 Å². The third-order valence-corrected chi connectivity index (χ3v) is 4.16. The van der Waals surface area contributed by atoms with Crippen LogP contribution < -0.4 is 5.73 Å². The van der Waals surface area contributed by atoms with E-state index >= 15 is 0 Å². The van der Waals surface area contributed by atoms with E-state index in [1.54, 1.807) is 6.07 Å². The first kappa shape index (κ1) is 15.9. The Hall–Kier alpha value is -2.95. The van der Waals surface area contributed by atoms with Crippen molar-refractivity contribution in [1.82, 2.24) is 4.57 Å². The van der Waals surface area contributed by atoms with E-state index in [1.165, 1.54) is 6.07 Å². The summed E-state index contributed by atoms with van der Waals surface area (Å²) in [6.07, 6.45) is 1.99. The van der Waals surface area contributed by atoms with Gasteiger partial charge in [-0.2, -0.15) is 0 Å². The summed E-state index contributed by atoms with van der Waals surface area (Å²) in [4.78, 5) is 4.42. The number of phenols is 2. The molecule has 0 radical (unpaired) electrons. The van der Waals surface area contributed by atoms with Gasteiger partial charge in [-0.25, -0.2) is 4.99 Å². The van der Waals surface area contributed by atoms with Crippen molar-refractivity contribution in [1.29, 1.82) is 0 Å². The van der Waals surface area contributed by atoms with Crippen LogP contribution in [-0.4, -0.2) is 20.6 Å². The van der Waals surface area contributed by atoms with Gasteiger partial charge in [0.2, 0.25) is 0 Å². The molecule has 0 aliphatic carbocycles. The molecule has 0 bridgehead atoms. The molecule has 5 nitrogen and oxygen atoms in total. The molecule has 0 aliphatic rings. The topological polar surface area (TPSA) is 83.8 Å². The Balaban J connectivity index is 2.04. The van der Waals surface area contributed by atoms with E-state index in [2.05, 4.69) is 4.99 Å². The van der Waals surface area contributed by atoms with E-state index in [-0.39, 0.29) is 23.3 Å². The molecule has 24 heavy (non-hydrogen) atoms. The van der Waals surface area contributed by atoms with Crippen LogP contribution in [0.1, 0.15) is 30.9 Å². The SMILES string of the molecule is CC(C)c1cc(C(N)=Nc2ccc3c(ccn3C)c2)c(O)cc1O. The van der Waals surface area contributed by atoms with Crippen molar-refractivity contribution in [2.75, 3.05) is 0 Å². The Morgan fingerprint density at radius 1 is 1.08 bits per heavy atom. The van der Waals surface area contributed by atoms with E-state index in [9.17, 15) is 10.2 Å². The molecule has 2 aromatic carbocycles. The standard InChI is InChI=1S/C19H21N3O2/c1-11(2)14-9-15(18(24)10-17(14)23)19(20)21-13-4-5-16-12(8-13)6-7-22(16)3/h4-11,23-24H,1-3H3,(H2,20,21). The van der Waals surface area contributed by atoms with Crippen molar-refractivity contribution >= 4 is 22.4 Å². The van der Waals surface area contributed by atoms with Gasteiger partial charge in [0.05, 0.1) is 11.3 Å². The van der Waals surface area contributed by atoms with Gasteiger partial charge in [-0.3, -0.25) is 0 Å². The number of aryl methyl sites for hydroxylation is 1. The fourth-order valence-electron chi connectivity index (χ4n) is 2.80. The lowest BCUT2D eigenvalue weighted by Gasteiger charge is -2.12. The number of nitrogens with two attached hydrogens (primary N) is 1. The predicted octanol–water partition coefficient (Wildman–Crippen LogP) is 3.75. The van der Waals surface area contributed by atoms with Gasteiger partial charge in [0, 0.05) is 30.2 Å². The number of amidine groups is 1. The van der Waals surface area contributed by atoms with Crippen LogP contribution in [0, 0.1) is 0 Å². The number of aromatic nitrogens is 1. The largest absolute Gasteiger partial charge is 0.508 e. The molecule has 3 rings (SSSR count). The molecule has 0 saturated carbocycles. The number of rotatable bonds is 3. The summed E-state index contributed by atoms with van der Waals surface area (Å²) in [6.45, 7) is 3.93. The van der Waals surface area contributed by atoms with Crippen molar-refractivity contribution in [3.63, 3.8) is 0 Å². The van der Waals surface area contributed by atoms with Crippen molar-refractivity contribution in [3.8, 4) is 11.5 Å². The summed E-state index contributed by atoms with van der Waals surface area (Å²) in [5, 5.41) is 21.1. The fourth-order valence-corrected chi connectivity index (χ4v) is 2.80. The van der Waals surface area contributed by atoms with E-state index in [4.69, 9.17) is 5.73 Å². The highest BCUT2D eigenvalue weighted by Crippen LogP contribution is 2.32. The molecule has 124 valence electrons. The minimum absolute atomic E-state index is 0.0600. The second-order valence-electron chi connectivity index (χ2n) is 6.25. The zero-order valence-electron chi connectivity index (χ0n) is 14.0. The Labute approximate surface area is 140 Å². The maximum atomic E-state index is 10.1. The molecule has 1 heterocycles. The van der Waals surface area contributed by atoms with Crippen LogP contribution in [0.15, 0.2) is 47.6 Å². The molecule has 0 unspecified atom stereocenters. The first-order valence-corrected chi connectivity index (χ1v) is 7.82. The smallest absolute Gasteiger partial charge is 0.135 e. The number of fused-ring (bicyclic) bond motifs is 1. The van der Waals surface area contributed by atoms with Crippen LogP contribution in [0.3, 0.4) is 0 Å². The molecule has 0 saturated heterocycles. The van der Waals surface area contributed by atoms with Crippen LogP contribution in [-0.2, 0) is 7.05 Å². The van der Waals surface area contributed by atoms with E-state index in [0.29, 0.717) is 11.3 Å². The van der Waals surface area contributed by atoms with Gasteiger partial charge in [-0.1, -0.05) is 13.8 Å². The van der Waals surface area contributed by atoms with Crippen LogP contribution >= 0.6 is 0 Å². The molecule has 0 fully saturated rings. The molecule has 0 spiro atoms. The van der Waals surface area contributed by atoms with Gasteiger partial charge in [-0.15, -0.1) is 0 Å². The van der Waals surface area contributed by atoms with Gasteiger partial charge in [0.15, 0.2) is 0 Å². The molecule has 0 atom stereocenters. The minimum atomic E-state index is -0.0843. The Morgan fingerprint density at radius 2 is 1.83 bits per heavy atom. The second kappa shape index (κ2) is 5.92. The van der Waals surface area contributed by atoms with Crippen LogP contribution in [0.2, 0.25) is 0 Å². The lowest BCUT2D eigenvalue weighted by molar-refractivity contribution is 0.443. The molecule has 0 amide bonds. The summed E-state index contributed by atoms with van der Waals surface area (Å²) >= 11 is 0. The Bertz CT molecular complexity index is 939. The van der Waals surface area contributed by atoms with Crippen molar-refractivity contribution in [2.45, 2.75) is 19.8 Å². The number of benzene rings is 2. The molecular weight excluding hydrogens is 302 g/mol. The molecule has 5 heteroatoms. The highest BCUT2D eigenvalue weighted by molar-refractivity contribution is 6.02. The van der Waals surface area contributed by atoms with E-state index < -0.39 is 0 Å². The number of nitrogens with zero attached hydrogens (tertiary/aromatic N) is 2. The van der Waals surface area contributed by atoms with Gasteiger partial charge >= 0.3 is 0 Å². The maximum absolute atomic E-state index is 10.1. The van der Waals surface area contributed by atoms with Gasteiger partial charge in [0.1, 0.15) is 17.3 Å². The molecule has 4 N–H and O–H groups in total. The monoisotopic (exact) mass is 323 g/mol. The third-order valence-electron chi connectivity index (χ3n) is 4.16. The second-order valence-corrected chi connectivity index (χ2v) is 6.25.